The molecule has 0 unspecified atom stereocenters. The highest BCUT2D eigenvalue weighted by Crippen LogP contribution is 2.30. The normalized spacial score (nSPS) is 15.0. The van der Waals surface area contributed by atoms with E-state index >= 15 is 0 Å². The van der Waals surface area contributed by atoms with Crippen LogP contribution in [-0.4, -0.2) is 11.3 Å². The van der Waals surface area contributed by atoms with E-state index in [0.29, 0.717) is 0 Å². The van der Waals surface area contributed by atoms with Gasteiger partial charge >= 0.3 is 0 Å². The number of rotatable bonds is 2. The summed E-state index contributed by atoms with van der Waals surface area (Å²) in [6.07, 6.45) is 1.85. The molecule has 0 saturated carbocycles. The number of benzene rings is 1. The summed E-state index contributed by atoms with van der Waals surface area (Å²) < 4.78 is 0. The Morgan fingerprint density at radius 3 is 2.25 bits per heavy atom. The van der Waals surface area contributed by atoms with E-state index in [1.54, 1.807) is 0 Å². The third-order valence-electron chi connectivity index (χ3n) is 2.28. The van der Waals surface area contributed by atoms with Crippen molar-refractivity contribution in [2.45, 2.75) is 19.4 Å². The molecule has 0 radical (unpaired) electrons. The molecule has 0 amide bonds. The van der Waals surface area contributed by atoms with Crippen molar-refractivity contribution in [3.8, 4) is 0 Å². The Hall–Kier alpha value is -1.31. The summed E-state index contributed by atoms with van der Waals surface area (Å²) in [5.74, 6) is 0. The first-order chi connectivity index (χ1) is 5.71. The van der Waals surface area contributed by atoms with Crippen LogP contribution in [0.25, 0.3) is 0 Å². The van der Waals surface area contributed by atoms with E-state index in [-0.39, 0.29) is 5.54 Å². The maximum absolute atomic E-state index is 4.06. The average molecular weight is 160 g/mol. The summed E-state index contributed by atoms with van der Waals surface area (Å²) in [5.41, 5.74) is 1.31. The highest BCUT2D eigenvalue weighted by molar-refractivity contribution is 5.67. The molecule has 2 rings (SSSR count). The quantitative estimate of drug-likeness (QED) is 0.647. The topological polar surface area (TPSA) is 15.4 Å². The van der Waals surface area contributed by atoms with Crippen molar-refractivity contribution >= 4 is 6.34 Å². The lowest BCUT2D eigenvalue weighted by Gasteiger charge is -2.25. The number of hydrogen-bond acceptors (Lipinski definition) is 2. The van der Waals surface area contributed by atoms with Crippen LogP contribution in [-0.2, 0) is 5.54 Å². The van der Waals surface area contributed by atoms with Crippen LogP contribution in [0, 0.1) is 0 Å². The summed E-state index contributed by atoms with van der Waals surface area (Å²) in [6, 6.07) is 10.4. The summed E-state index contributed by atoms with van der Waals surface area (Å²) in [4.78, 5) is 0. The Labute approximate surface area is 72.5 Å². The Morgan fingerprint density at radius 2 is 1.75 bits per heavy atom. The molecular weight excluding hydrogens is 148 g/mol. The van der Waals surface area contributed by atoms with Crippen LogP contribution in [0.2, 0.25) is 0 Å². The molecule has 0 aliphatic carbocycles. The van der Waals surface area contributed by atoms with Crippen LogP contribution in [0.15, 0.2) is 35.4 Å². The second kappa shape index (κ2) is 2.34. The fourth-order valence-electron chi connectivity index (χ4n) is 1.29. The fraction of sp³-hybridized carbons (Fsp3) is 0.300. The second-order valence-corrected chi connectivity index (χ2v) is 3.50. The first kappa shape index (κ1) is 7.35. The molecule has 62 valence electrons. The van der Waals surface area contributed by atoms with Crippen molar-refractivity contribution in [2.24, 2.45) is 5.10 Å². The lowest BCUT2D eigenvalue weighted by Crippen LogP contribution is -2.27. The molecule has 0 aromatic heterocycles. The van der Waals surface area contributed by atoms with Gasteiger partial charge in [-0.3, -0.25) is 0 Å². The molecule has 0 fully saturated rings. The van der Waals surface area contributed by atoms with Gasteiger partial charge in [-0.1, -0.05) is 30.3 Å². The van der Waals surface area contributed by atoms with E-state index in [0.717, 1.165) is 0 Å². The first-order valence-corrected chi connectivity index (χ1v) is 4.10. The summed E-state index contributed by atoms with van der Waals surface area (Å²) in [5, 5.41) is 6.03. The monoisotopic (exact) mass is 160 g/mol. The van der Waals surface area contributed by atoms with Gasteiger partial charge in [0.1, 0.15) is 6.34 Å². The molecule has 1 aromatic rings. The molecular formula is C10H12N2. The van der Waals surface area contributed by atoms with Gasteiger partial charge in [0, 0.05) is 0 Å². The van der Waals surface area contributed by atoms with Crippen LogP contribution >= 0.6 is 0 Å². The molecule has 0 bridgehead atoms. The van der Waals surface area contributed by atoms with Gasteiger partial charge in [-0.25, -0.2) is 5.01 Å². The number of hydrazone groups is 1. The van der Waals surface area contributed by atoms with Crippen molar-refractivity contribution in [1.29, 1.82) is 0 Å². The Kier molecular flexibility index (Phi) is 1.43. The summed E-state index contributed by atoms with van der Waals surface area (Å²) in [7, 11) is 0. The van der Waals surface area contributed by atoms with Crippen LogP contribution < -0.4 is 0 Å². The minimum absolute atomic E-state index is 0.0151. The highest BCUT2D eigenvalue weighted by Gasteiger charge is 2.31. The maximum Gasteiger partial charge on any atom is 0.133 e. The van der Waals surface area contributed by atoms with Crippen molar-refractivity contribution in [1.82, 2.24) is 5.01 Å². The van der Waals surface area contributed by atoms with E-state index in [2.05, 4.69) is 43.2 Å². The average Bonchev–Trinajstić information content (AvgIpc) is 2.88. The molecule has 12 heavy (non-hydrogen) atoms. The SMILES string of the molecule is CC(C)(c1ccccc1)N1C=N1. The van der Waals surface area contributed by atoms with E-state index < -0.39 is 0 Å². The lowest BCUT2D eigenvalue weighted by molar-refractivity contribution is 0.291. The predicted molar refractivity (Wildman–Crippen MR) is 49.8 cm³/mol. The van der Waals surface area contributed by atoms with Crippen molar-refractivity contribution < 1.29 is 0 Å². The lowest BCUT2D eigenvalue weighted by atomic mass is 9.95. The third-order valence-corrected chi connectivity index (χ3v) is 2.28. The predicted octanol–water partition coefficient (Wildman–Crippen LogP) is 2.18. The molecule has 0 N–H and O–H groups in total. The molecule has 2 heteroatoms. The smallest absolute Gasteiger partial charge is 0.133 e. The van der Waals surface area contributed by atoms with Crippen LogP contribution in [0.3, 0.4) is 0 Å². The van der Waals surface area contributed by atoms with E-state index in [9.17, 15) is 0 Å². The zero-order valence-electron chi connectivity index (χ0n) is 7.36. The minimum atomic E-state index is 0.0151. The van der Waals surface area contributed by atoms with Gasteiger partial charge in [0.25, 0.3) is 0 Å². The van der Waals surface area contributed by atoms with Crippen LogP contribution in [0.4, 0.5) is 0 Å². The fourth-order valence-corrected chi connectivity index (χ4v) is 1.29. The van der Waals surface area contributed by atoms with E-state index in [1.165, 1.54) is 5.56 Å². The molecule has 1 aliphatic heterocycles. The van der Waals surface area contributed by atoms with E-state index in [1.807, 2.05) is 17.4 Å². The van der Waals surface area contributed by atoms with Crippen LogP contribution in [0.1, 0.15) is 19.4 Å². The standard InChI is InChI=1S/C10H12N2/c1-10(2,12-8-11-12)9-6-4-3-5-7-9/h3-8H,1-2H3. The first-order valence-electron chi connectivity index (χ1n) is 4.10. The Bertz CT molecular complexity index is 295. The summed E-state index contributed by atoms with van der Waals surface area (Å²) >= 11 is 0. The van der Waals surface area contributed by atoms with Gasteiger partial charge in [-0.15, -0.1) is 0 Å². The van der Waals surface area contributed by atoms with Gasteiger partial charge < -0.3 is 0 Å². The van der Waals surface area contributed by atoms with Crippen molar-refractivity contribution in [3.63, 3.8) is 0 Å². The molecule has 0 saturated heterocycles. The largest absolute Gasteiger partial charge is 0.241 e. The third kappa shape index (κ3) is 1.09. The van der Waals surface area contributed by atoms with Crippen molar-refractivity contribution in [3.05, 3.63) is 35.9 Å². The Balaban J connectivity index is 2.29. The van der Waals surface area contributed by atoms with E-state index in [4.69, 9.17) is 0 Å². The van der Waals surface area contributed by atoms with Gasteiger partial charge in [-0.05, 0) is 19.4 Å². The molecule has 0 atom stereocenters. The number of hydrogen-bond donors (Lipinski definition) is 0. The van der Waals surface area contributed by atoms with Gasteiger partial charge in [0.05, 0.1) is 5.54 Å². The van der Waals surface area contributed by atoms with Gasteiger partial charge in [0.2, 0.25) is 0 Å². The van der Waals surface area contributed by atoms with Crippen LogP contribution in [0.5, 0.6) is 0 Å². The van der Waals surface area contributed by atoms with Gasteiger partial charge in [0.15, 0.2) is 0 Å². The molecule has 1 aliphatic rings. The highest BCUT2D eigenvalue weighted by atomic mass is 15.6. The van der Waals surface area contributed by atoms with Crippen molar-refractivity contribution in [2.75, 3.05) is 0 Å². The molecule has 1 heterocycles. The number of nitrogens with zero attached hydrogens (tertiary/aromatic N) is 2. The molecule has 1 aromatic carbocycles. The molecule has 0 spiro atoms. The maximum atomic E-state index is 4.06. The second-order valence-electron chi connectivity index (χ2n) is 3.50. The van der Waals surface area contributed by atoms with Gasteiger partial charge in [-0.2, -0.15) is 5.10 Å². The minimum Gasteiger partial charge on any atom is -0.241 e. The molecule has 2 nitrogen and oxygen atoms in total. The zero-order valence-corrected chi connectivity index (χ0v) is 7.36. The zero-order chi connectivity index (χ0) is 8.60. The Morgan fingerprint density at radius 1 is 1.17 bits per heavy atom. The summed E-state index contributed by atoms with van der Waals surface area (Å²) in [6.45, 7) is 4.32.